The Kier molecular flexibility index (Phi) is 6.05. The first-order valence-corrected chi connectivity index (χ1v) is 7.22. The van der Waals surface area contributed by atoms with Crippen LogP contribution in [0.5, 0.6) is 0 Å². The molecule has 0 unspecified atom stereocenters. The van der Waals surface area contributed by atoms with Crippen molar-refractivity contribution in [3.8, 4) is 0 Å². The van der Waals surface area contributed by atoms with E-state index in [0.29, 0.717) is 18.0 Å². The molecule has 1 N–H and O–H groups in total. The van der Waals surface area contributed by atoms with Crippen LogP contribution in [-0.4, -0.2) is 30.0 Å². The molecule has 1 aromatic carbocycles. The number of halogens is 2. The highest BCUT2D eigenvalue weighted by Gasteiger charge is 2.11. The summed E-state index contributed by atoms with van der Waals surface area (Å²) in [4.78, 5) is 27.1. The van der Waals surface area contributed by atoms with E-state index in [-0.39, 0.29) is 11.5 Å². The highest BCUT2D eigenvalue weighted by molar-refractivity contribution is 6.30. The minimum atomic E-state index is -0.721. The van der Waals surface area contributed by atoms with Crippen LogP contribution in [0.15, 0.2) is 42.6 Å². The normalized spacial score (nSPS) is 10.2. The molecule has 0 radical (unpaired) electrons. The minimum absolute atomic E-state index is 0.0385. The van der Waals surface area contributed by atoms with Gasteiger partial charge in [-0.25, -0.2) is 14.2 Å². The van der Waals surface area contributed by atoms with Gasteiger partial charge in [-0.05, 0) is 36.2 Å². The third-order valence-corrected chi connectivity index (χ3v) is 3.15. The molecule has 0 aliphatic heterocycles. The first-order valence-electron chi connectivity index (χ1n) is 6.84. The van der Waals surface area contributed by atoms with Crippen molar-refractivity contribution in [2.75, 3.05) is 13.2 Å². The van der Waals surface area contributed by atoms with Crippen LogP contribution in [0, 0.1) is 5.82 Å². The number of hydrogen-bond acceptors (Lipinski definition) is 4. The second-order valence-corrected chi connectivity index (χ2v) is 5.10. The van der Waals surface area contributed by atoms with E-state index in [4.69, 9.17) is 16.3 Å². The maximum Gasteiger partial charge on any atom is 0.357 e. The van der Waals surface area contributed by atoms with Crippen LogP contribution in [0.25, 0.3) is 0 Å². The van der Waals surface area contributed by atoms with Gasteiger partial charge in [0.15, 0.2) is 6.61 Å². The van der Waals surface area contributed by atoms with Gasteiger partial charge < -0.3 is 10.1 Å². The quantitative estimate of drug-likeness (QED) is 0.822. The number of nitrogens with one attached hydrogen (secondary N) is 1. The molecule has 23 heavy (non-hydrogen) atoms. The van der Waals surface area contributed by atoms with E-state index in [1.54, 1.807) is 12.1 Å². The second-order valence-electron chi connectivity index (χ2n) is 4.66. The lowest BCUT2D eigenvalue weighted by Crippen LogP contribution is -2.30. The first-order chi connectivity index (χ1) is 11.0. The number of pyridine rings is 1. The summed E-state index contributed by atoms with van der Waals surface area (Å²) in [5.41, 5.74) is 0.934. The number of benzene rings is 1. The third-order valence-electron chi connectivity index (χ3n) is 2.91. The highest BCUT2D eigenvalue weighted by atomic mass is 35.5. The van der Waals surface area contributed by atoms with Crippen LogP contribution in [0.3, 0.4) is 0 Å². The Hall–Kier alpha value is -2.47. The molecule has 120 valence electrons. The van der Waals surface area contributed by atoms with Crippen LogP contribution in [-0.2, 0) is 16.0 Å². The fourth-order valence-corrected chi connectivity index (χ4v) is 1.93. The molecule has 0 saturated heterocycles. The van der Waals surface area contributed by atoms with Crippen molar-refractivity contribution in [1.29, 1.82) is 0 Å². The molecule has 0 fully saturated rings. The van der Waals surface area contributed by atoms with Crippen molar-refractivity contribution < 1.29 is 18.7 Å². The van der Waals surface area contributed by atoms with E-state index >= 15 is 0 Å². The number of nitrogens with zero attached hydrogens (tertiary/aromatic N) is 1. The van der Waals surface area contributed by atoms with Gasteiger partial charge in [0.05, 0.1) is 0 Å². The lowest BCUT2D eigenvalue weighted by Gasteiger charge is -2.06. The standard InChI is InChI=1S/C16H14ClFN2O3/c17-12-6-8-19-14(9-12)16(22)23-10-15(21)20-7-5-11-1-3-13(18)4-2-11/h1-4,6,8-9H,5,7,10H2,(H,20,21). The summed E-state index contributed by atoms with van der Waals surface area (Å²) < 4.78 is 17.6. The molecule has 1 aromatic heterocycles. The van der Waals surface area contributed by atoms with Gasteiger partial charge in [-0.15, -0.1) is 0 Å². The van der Waals surface area contributed by atoms with Crippen LogP contribution in [0.1, 0.15) is 16.1 Å². The molecule has 0 saturated carbocycles. The Morgan fingerprint density at radius 3 is 2.65 bits per heavy atom. The van der Waals surface area contributed by atoms with Gasteiger partial charge in [0.2, 0.25) is 0 Å². The van der Waals surface area contributed by atoms with Crippen molar-refractivity contribution in [2.45, 2.75) is 6.42 Å². The molecule has 2 rings (SSSR count). The van der Waals surface area contributed by atoms with Crippen molar-refractivity contribution in [1.82, 2.24) is 10.3 Å². The number of ether oxygens (including phenoxy) is 1. The summed E-state index contributed by atoms with van der Waals surface area (Å²) >= 11 is 5.74. The Balaban J connectivity index is 1.70. The summed E-state index contributed by atoms with van der Waals surface area (Å²) in [6.07, 6.45) is 1.93. The Labute approximate surface area is 137 Å². The number of rotatable bonds is 6. The number of esters is 1. The number of carbonyl (C=O) groups excluding carboxylic acids is 2. The zero-order chi connectivity index (χ0) is 16.7. The lowest BCUT2D eigenvalue weighted by atomic mass is 10.1. The monoisotopic (exact) mass is 336 g/mol. The molecular weight excluding hydrogens is 323 g/mol. The zero-order valence-electron chi connectivity index (χ0n) is 12.1. The Bertz CT molecular complexity index is 692. The molecule has 0 aliphatic carbocycles. The number of amides is 1. The van der Waals surface area contributed by atoms with Crippen molar-refractivity contribution >= 4 is 23.5 Å². The fraction of sp³-hybridized carbons (Fsp3) is 0.188. The third kappa shape index (κ3) is 5.67. The largest absolute Gasteiger partial charge is 0.451 e. The summed E-state index contributed by atoms with van der Waals surface area (Å²) in [5, 5.41) is 2.96. The molecule has 7 heteroatoms. The van der Waals surface area contributed by atoms with Gasteiger partial charge in [-0.1, -0.05) is 23.7 Å². The molecule has 1 heterocycles. The maximum absolute atomic E-state index is 12.7. The van der Waals surface area contributed by atoms with Gasteiger partial charge in [-0.2, -0.15) is 0 Å². The fourth-order valence-electron chi connectivity index (χ4n) is 1.77. The van der Waals surface area contributed by atoms with Crippen molar-refractivity contribution in [3.63, 3.8) is 0 Å². The second kappa shape index (κ2) is 8.24. The zero-order valence-corrected chi connectivity index (χ0v) is 12.8. The van der Waals surface area contributed by atoms with E-state index in [2.05, 4.69) is 10.3 Å². The predicted molar refractivity (Wildman–Crippen MR) is 82.6 cm³/mol. The number of aromatic nitrogens is 1. The van der Waals surface area contributed by atoms with Crippen LogP contribution >= 0.6 is 11.6 Å². The average molecular weight is 337 g/mol. The molecule has 1 amide bonds. The lowest BCUT2D eigenvalue weighted by molar-refractivity contribution is -0.124. The van der Waals surface area contributed by atoms with E-state index in [1.807, 2.05) is 0 Å². The van der Waals surface area contributed by atoms with Gasteiger partial charge in [0.25, 0.3) is 5.91 Å². The van der Waals surface area contributed by atoms with Gasteiger partial charge in [0.1, 0.15) is 11.5 Å². The summed E-state index contributed by atoms with van der Waals surface area (Å²) in [6, 6.07) is 8.89. The minimum Gasteiger partial charge on any atom is -0.451 e. The Morgan fingerprint density at radius 1 is 1.22 bits per heavy atom. The first kappa shape index (κ1) is 16.9. The summed E-state index contributed by atoms with van der Waals surface area (Å²) in [6.45, 7) is -0.0477. The average Bonchev–Trinajstić information content (AvgIpc) is 2.54. The smallest absolute Gasteiger partial charge is 0.357 e. The number of hydrogen-bond donors (Lipinski definition) is 1. The van der Waals surface area contributed by atoms with E-state index in [9.17, 15) is 14.0 Å². The van der Waals surface area contributed by atoms with Gasteiger partial charge in [0, 0.05) is 17.8 Å². The molecule has 0 spiro atoms. The van der Waals surface area contributed by atoms with Gasteiger partial charge >= 0.3 is 5.97 Å². The van der Waals surface area contributed by atoms with Crippen molar-refractivity contribution in [3.05, 3.63) is 64.7 Å². The highest BCUT2D eigenvalue weighted by Crippen LogP contribution is 2.08. The van der Waals surface area contributed by atoms with Crippen LogP contribution in [0.2, 0.25) is 5.02 Å². The SMILES string of the molecule is O=C(COC(=O)c1cc(Cl)ccn1)NCCc1ccc(F)cc1. The molecular formula is C16H14ClFN2O3. The molecule has 0 atom stereocenters. The molecule has 0 bridgehead atoms. The topological polar surface area (TPSA) is 68.3 Å². The van der Waals surface area contributed by atoms with Crippen LogP contribution < -0.4 is 5.32 Å². The molecule has 5 nitrogen and oxygen atoms in total. The van der Waals surface area contributed by atoms with E-state index in [0.717, 1.165) is 5.56 Å². The predicted octanol–water partition coefficient (Wildman–Crippen LogP) is 2.39. The van der Waals surface area contributed by atoms with E-state index < -0.39 is 18.5 Å². The van der Waals surface area contributed by atoms with Crippen molar-refractivity contribution in [2.24, 2.45) is 0 Å². The Morgan fingerprint density at radius 2 is 1.96 bits per heavy atom. The maximum atomic E-state index is 12.7. The van der Waals surface area contributed by atoms with Gasteiger partial charge in [-0.3, -0.25) is 4.79 Å². The molecule has 0 aliphatic rings. The summed E-state index contributed by atoms with van der Waals surface area (Å²) in [5.74, 6) is -1.46. The van der Waals surface area contributed by atoms with Crippen LogP contribution in [0.4, 0.5) is 4.39 Å². The summed E-state index contributed by atoms with van der Waals surface area (Å²) in [7, 11) is 0. The molecule has 2 aromatic rings. The number of carbonyl (C=O) groups is 2. The van der Waals surface area contributed by atoms with E-state index in [1.165, 1.54) is 30.5 Å².